The lowest BCUT2D eigenvalue weighted by Crippen LogP contribution is -2.28. The van der Waals surface area contributed by atoms with Crippen LogP contribution < -0.4 is 10.2 Å². The van der Waals surface area contributed by atoms with E-state index in [1.54, 1.807) is 30.3 Å². The summed E-state index contributed by atoms with van der Waals surface area (Å²) >= 11 is 18.2. The number of hydrogen-bond acceptors (Lipinski definition) is 2. The Balaban J connectivity index is 1.77. The largest absolute Gasteiger partial charge is 0.325 e. The van der Waals surface area contributed by atoms with Crippen LogP contribution in [0.25, 0.3) is 0 Å². The number of anilines is 2. The maximum atomic E-state index is 12.6. The first-order chi connectivity index (χ1) is 11.9. The molecule has 0 aliphatic carbocycles. The molecule has 2 amide bonds. The van der Waals surface area contributed by atoms with Crippen LogP contribution >= 0.6 is 34.8 Å². The Hall–Kier alpha value is -1.75. The van der Waals surface area contributed by atoms with Gasteiger partial charge in [0.05, 0.1) is 21.7 Å². The maximum Gasteiger partial charge on any atom is 0.229 e. The lowest BCUT2D eigenvalue weighted by molar-refractivity contribution is -0.122. The zero-order valence-electron chi connectivity index (χ0n) is 13.4. The van der Waals surface area contributed by atoms with Gasteiger partial charge in [-0.05, 0) is 36.8 Å². The zero-order chi connectivity index (χ0) is 18.1. The number of carbonyl (C=O) groups excluding carboxylic acids is 2. The van der Waals surface area contributed by atoms with Crippen molar-refractivity contribution in [1.29, 1.82) is 0 Å². The summed E-state index contributed by atoms with van der Waals surface area (Å²) in [5.41, 5.74) is 2.06. The highest BCUT2D eigenvalue weighted by Crippen LogP contribution is 2.36. The highest BCUT2D eigenvalue weighted by molar-refractivity contribution is 6.44. The van der Waals surface area contributed by atoms with Crippen molar-refractivity contribution in [3.05, 3.63) is 57.0 Å². The van der Waals surface area contributed by atoms with Gasteiger partial charge in [0.1, 0.15) is 0 Å². The summed E-state index contributed by atoms with van der Waals surface area (Å²) in [5.74, 6) is -0.854. The molecule has 0 radical (unpaired) electrons. The van der Waals surface area contributed by atoms with Crippen LogP contribution in [0.4, 0.5) is 11.4 Å². The highest BCUT2D eigenvalue weighted by atomic mass is 35.5. The number of amides is 2. The van der Waals surface area contributed by atoms with Crippen molar-refractivity contribution in [3.8, 4) is 0 Å². The second-order valence-corrected chi connectivity index (χ2v) is 7.15. The van der Waals surface area contributed by atoms with Gasteiger partial charge in [0, 0.05) is 23.7 Å². The number of benzene rings is 2. The Kier molecular flexibility index (Phi) is 5.23. The molecule has 2 aromatic rings. The van der Waals surface area contributed by atoms with E-state index in [2.05, 4.69) is 5.32 Å². The Morgan fingerprint density at radius 1 is 1.20 bits per heavy atom. The van der Waals surface area contributed by atoms with Crippen molar-refractivity contribution in [1.82, 2.24) is 0 Å². The molecule has 130 valence electrons. The third-order valence-electron chi connectivity index (χ3n) is 4.18. The number of carbonyl (C=O) groups is 2. The molecule has 4 nitrogen and oxygen atoms in total. The molecule has 1 aliphatic rings. The molecular formula is C18H15Cl3N2O2. The van der Waals surface area contributed by atoms with Crippen molar-refractivity contribution in [2.45, 2.75) is 13.3 Å². The summed E-state index contributed by atoms with van der Waals surface area (Å²) in [6.07, 6.45) is 0.119. The summed E-state index contributed by atoms with van der Waals surface area (Å²) in [5, 5.41) is 4.07. The van der Waals surface area contributed by atoms with Crippen LogP contribution in [0, 0.1) is 12.8 Å². The number of nitrogens with one attached hydrogen (secondary N) is 1. The molecule has 1 saturated heterocycles. The molecule has 2 aromatic carbocycles. The topological polar surface area (TPSA) is 49.4 Å². The fourth-order valence-electron chi connectivity index (χ4n) is 2.78. The van der Waals surface area contributed by atoms with Crippen molar-refractivity contribution in [2.75, 3.05) is 16.8 Å². The van der Waals surface area contributed by atoms with Crippen LogP contribution in [0.1, 0.15) is 12.0 Å². The number of nitrogens with zero attached hydrogens (tertiary/aromatic N) is 1. The van der Waals surface area contributed by atoms with E-state index in [0.717, 1.165) is 5.56 Å². The molecule has 0 unspecified atom stereocenters. The van der Waals surface area contributed by atoms with Gasteiger partial charge in [0.25, 0.3) is 0 Å². The van der Waals surface area contributed by atoms with Gasteiger partial charge in [-0.15, -0.1) is 0 Å². The van der Waals surface area contributed by atoms with E-state index < -0.39 is 5.92 Å². The number of aryl methyl sites for hydroxylation is 1. The van der Waals surface area contributed by atoms with E-state index in [-0.39, 0.29) is 24.8 Å². The molecule has 0 spiro atoms. The SMILES string of the molecule is Cc1ccc(Cl)cc1NC(=O)[C@@H]1CC(=O)N(c2cccc(Cl)c2Cl)C1. The van der Waals surface area contributed by atoms with Gasteiger partial charge in [0.2, 0.25) is 11.8 Å². The number of halogens is 3. The molecule has 25 heavy (non-hydrogen) atoms. The molecule has 0 aromatic heterocycles. The first kappa shape index (κ1) is 18.1. The van der Waals surface area contributed by atoms with Gasteiger partial charge < -0.3 is 10.2 Å². The van der Waals surface area contributed by atoms with Gasteiger partial charge in [-0.25, -0.2) is 0 Å². The molecule has 1 aliphatic heterocycles. The van der Waals surface area contributed by atoms with Gasteiger partial charge in [-0.2, -0.15) is 0 Å². The van der Waals surface area contributed by atoms with E-state index in [1.165, 1.54) is 4.90 Å². The normalized spacial score (nSPS) is 17.0. The summed E-state index contributed by atoms with van der Waals surface area (Å²) in [7, 11) is 0. The van der Waals surface area contributed by atoms with E-state index in [0.29, 0.717) is 26.4 Å². The number of rotatable bonds is 3. The maximum absolute atomic E-state index is 12.6. The second kappa shape index (κ2) is 7.24. The van der Waals surface area contributed by atoms with Crippen LogP contribution in [0.15, 0.2) is 36.4 Å². The Bertz CT molecular complexity index is 854. The number of hydrogen-bond donors (Lipinski definition) is 1. The summed E-state index contributed by atoms with van der Waals surface area (Å²) in [4.78, 5) is 26.4. The van der Waals surface area contributed by atoms with E-state index >= 15 is 0 Å². The smallest absolute Gasteiger partial charge is 0.229 e. The third-order valence-corrected chi connectivity index (χ3v) is 5.22. The van der Waals surface area contributed by atoms with Crippen molar-refractivity contribution < 1.29 is 9.59 Å². The van der Waals surface area contributed by atoms with Gasteiger partial charge >= 0.3 is 0 Å². The minimum atomic E-state index is -0.471. The predicted molar refractivity (Wildman–Crippen MR) is 102 cm³/mol. The minimum absolute atomic E-state index is 0.119. The third kappa shape index (κ3) is 3.76. The van der Waals surface area contributed by atoms with Crippen LogP contribution in [-0.2, 0) is 9.59 Å². The molecule has 1 heterocycles. The monoisotopic (exact) mass is 396 g/mol. The van der Waals surface area contributed by atoms with Crippen molar-refractivity contribution >= 4 is 58.0 Å². The van der Waals surface area contributed by atoms with Crippen molar-refractivity contribution in [2.24, 2.45) is 5.92 Å². The summed E-state index contributed by atoms with van der Waals surface area (Å²) in [6, 6.07) is 10.4. The van der Waals surface area contributed by atoms with Gasteiger partial charge in [-0.1, -0.05) is 46.9 Å². The molecule has 0 saturated carbocycles. The van der Waals surface area contributed by atoms with Crippen LogP contribution in [0.2, 0.25) is 15.1 Å². The predicted octanol–water partition coefficient (Wildman–Crippen LogP) is 4.95. The average molecular weight is 398 g/mol. The molecule has 0 bridgehead atoms. The average Bonchev–Trinajstić information content (AvgIpc) is 2.95. The van der Waals surface area contributed by atoms with E-state index in [9.17, 15) is 9.59 Å². The highest BCUT2D eigenvalue weighted by Gasteiger charge is 2.36. The fraction of sp³-hybridized carbons (Fsp3) is 0.222. The zero-order valence-corrected chi connectivity index (χ0v) is 15.6. The molecule has 1 N–H and O–H groups in total. The summed E-state index contributed by atoms with van der Waals surface area (Å²) < 4.78 is 0. The molecule has 1 fully saturated rings. The first-order valence-electron chi connectivity index (χ1n) is 7.68. The van der Waals surface area contributed by atoms with Crippen LogP contribution in [0.5, 0.6) is 0 Å². The van der Waals surface area contributed by atoms with E-state index in [1.807, 2.05) is 13.0 Å². The van der Waals surface area contributed by atoms with Crippen molar-refractivity contribution in [3.63, 3.8) is 0 Å². The standard InChI is InChI=1S/C18H15Cl3N2O2/c1-10-5-6-12(19)8-14(10)22-18(25)11-7-16(24)23(9-11)15-4-2-3-13(20)17(15)21/h2-6,8,11H,7,9H2,1H3,(H,22,25)/t11-/m1/s1. The first-order valence-corrected chi connectivity index (χ1v) is 8.81. The molecular weight excluding hydrogens is 383 g/mol. The molecule has 1 atom stereocenters. The van der Waals surface area contributed by atoms with E-state index in [4.69, 9.17) is 34.8 Å². The Labute approximate surface area is 160 Å². The quantitative estimate of drug-likeness (QED) is 0.797. The fourth-order valence-corrected chi connectivity index (χ4v) is 3.35. The Morgan fingerprint density at radius 3 is 2.72 bits per heavy atom. The minimum Gasteiger partial charge on any atom is -0.325 e. The molecule has 7 heteroatoms. The summed E-state index contributed by atoms with van der Waals surface area (Å²) in [6.45, 7) is 2.13. The van der Waals surface area contributed by atoms with Crippen LogP contribution in [0.3, 0.4) is 0 Å². The van der Waals surface area contributed by atoms with Gasteiger partial charge in [0.15, 0.2) is 0 Å². The Morgan fingerprint density at radius 2 is 1.96 bits per heavy atom. The lowest BCUT2D eigenvalue weighted by Gasteiger charge is -2.19. The second-order valence-electron chi connectivity index (χ2n) is 5.93. The lowest BCUT2D eigenvalue weighted by atomic mass is 10.1. The molecule has 3 rings (SSSR count). The van der Waals surface area contributed by atoms with Gasteiger partial charge in [-0.3, -0.25) is 9.59 Å². The van der Waals surface area contributed by atoms with Crippen LogP contribution in [-0.4, -0.2) is 18.4 Å².